The number of anilines is 1. The van der Waals surface area contributed by atoms with Gasteiger partial charge in [-0.25, -0.2) is 12.8 Å². The number of hydrogen-bond acceptors (Lipinski definition) is 4. The van der Waals surface area contributed by atoms with Crippen LogP contribution >= 0.6 is 0 Å². The van der Waals surface area contributed by atoms with Crippen LogP contribution in [0.5, 0.6) is 0 Å². The van der Waals surface area contributed by atoms with Gasteiger partial charge in [0.1, 0.15) is 18.4 Å². The van der Waals surface area contributed by atoms with Crippen LogP contribution < -0.4 is 9.62 Å². The van der Waals surface area contributed by atoms with Gasteiger partial charge in [-0.1, -0.05) is 91.9 Å². The molecule has 0 bridgehead atoms. The highest BCUT2D eigenvalue weighted by Crippen LogP contribution is 2.29. The molecule has 1 atom stereocenters. The van der Waals surface area contributed by atoms with Crippen molar-refractivity contribution in [1.29, 1.82) is 0 Å². The van der Waals surface area contributed by atoms with Gasteiger partial charge in [0.15, 0.2) is 0 Å². The molecule has 0 aliphatic heterocycles. The molecule has 0 aliphatic rings. The van der Waals surface area contributed by atoms with Gasteiger partial charge in [-0.05, 0) is 29.5 Å². The van der Waals surface area contributed by atoms with E-state index in [4.69, 9.17) is 0 Å². The second-order valence-electron chi connectivity index (χ2n) is 9.88. The molecule has 9 heteroatoms. The fourth-order valence-corrected chi connectivity index (χ4v) is 5.61. The summed E-state index contributed by atoms with van der Waals surface area (Å²) in [6.07, 6.45) is 1.90. The number of rotatable bonds is 12. The molecule has 0 fully saturated rings. The molecule has 0 spiro atoms. The van der Waals surface area contributed by atoms with Crippen LogP contribution in [0.2, 0.25) is 0 Å². The number of fused-ring (bicyclic) bond motifs is 1. The average molecular weight is 576 g/mol. The number of nitrogens with zero attached hydrogens (tertiary/aromatic N) is 2. The molecule has 0 unspecified atom stereocenters. The van der Waals surface area contributed by atoms with Crippen LogP contribution in [-0.4, -0.2) is 50.5 Å². The lowest BCUT2D eigenvalue weighted by atomic mass is 10.0. The summed E-state index contributed by atoms with van der Waals surface area (Å²) in [6.45, 7) is 1.55. The first kappa shape index (κ1) is 29.7. The minimum atomic E-state index is -3.93. The lowest BCUT2D eigenvalue weighted by molar-refractivity contribution is -0.140. The Hall–Kier alpha value is -4.24. The molecule has 0 aliphatic carbocycles. The average Bonchev–Trinajstić information content (AvgIpc) is 2.97. The fraction of sp³-hybridized carbons (Fsp3) is 0.250. The molecular weight excluding hydrogens is 541 g/mol. The number of carbonyl (C=O) groups excluding carboxylic acids is 2. The molecule has 41 heavy (non-hydrogen) atoms. The summed E-state index contributed by atoms with van der Waals surface area (Å²) >= 11 is 0. The van der Waals surface area contributed by atoms with Crippen LogP contribution in [0, 0.1) is 5.82 Å². The maximum absolute atomic E-state index is 14.9. The summed E-state index contributed by atoms with van der Waals surface area (Å²) in [6, 6.07) is 26.8. The van der Waals surface area contributed by atoms with Crippen molar-refractivity contribution in [3.05, 3.63) is 114 Å². The van der Waals surface area contributed by atoms with Crippen molar-refractivity contribution in [3.8, 4) is 0 Å². The largest absolute Gasteiger partial charge is 0.354 e. The highest BCUT2D eigenvalue weighted by atomic mass is 32.2. The van der Waals surface area contributed by atoms with Crippen LogP contribution in [0.15, 0.2) is 97.1 Å². The Morgan fingerprint density at radius 1 is 0.878 bits per heavy atom. The highest BCUT2D eigenvalue weighted by Gasteiger charge is 2.33. The molecule has 0 saturated carbocycles. The van der Waals surface area contributed by atoms with Gasteiger partial charge < -0.3 is 10.2 Å². The molecule has 4 rings (SSSR count). The van der Waals surface area contributed by atoms with Gasteiger partial charge in [0, 0.05) is 30.5 Å². The topological polar surface area (TPSA) is 86.8 Å². The highest BCUT2D eigenvalue weighted by molar-refractivity contribution is 7.92. The van der Waals surface area contributed by atoms with Crippen LogP contribution in [0.1, 0.15) is 24.5 Å². The molecule has 214 valence electrons. The molecule has 7 nitrogen and oxygen atoms in total. The second-order valence-corrected chi connectivity index (χ2v) is 11.8. The zero-order valence-corrected chi connectivity index (χ0v) is 24.0. The third kappa shape index (κ3) is 7.49. The molecule has 1 N–H and O–H groups in total. The number of halogens is 1. The maximum Gasteiger partial charge on any atom is 0.244 e. The van der Waals surface area contributed by atoms with Crippen molar-refractivity contribution in [2.24, 2.45) is 0 Å². The van der Waals surface area contributed by atoms with Gasteiger partial charge >= 0.3 is 0 Å². The number of amides is 2. The number of nitrogens with one attached hydrogen (secondary N) is 1. The molecule has 4 aromatic rings. The van der Waals surface area contributed by atoms with E-state index in [1.54, 1.807) is 42.5 Å². The molecule has 0 aromatic heterocycles. The third-order valence-corrected chi connectivity index (χ3v) is 7.96. The van der Waals surface area contributed by atoms with E-state index in [0.717, 1.165) is 21.5 Å². The second kappa shape index (κ2) is 13.4. The van der Waals surface area contributed by atoms with Crippen LogP contribution in [-0.2, 0) is 32.6 Å². The van der Waals surface area contributed by atoms with Gasteiger partial charge in [-0.3, -0.25) is 13.9 Å². The minimum Gasteiger partial charge on any atom is -0.354 e. The van der Waals surface area contributed by atoms with E-state index >= 15 is 0 Å². The van der Waals surface area contributed by atoms with Crippen LogP contribution in [0.3, 0.4) is 0 Å². The summed E-state index contributed by atoms with van der Waals surface area (Å²) in [4.78, 5) is 29.0. The van der Waals surface area contributed by atoms with Gasteiger partial charge in [0.05, 0.1) is 11.9 Å². The molecule has 4 aromatic carbocycles. The molecule has 0 saturated heterocycles. The summed E-state index contributed by atoms with van der Waals surface area (Å²) < 4.78 is 42.1. The first-order valence-electron chi connectivity index (χ1n) is 13.5. The first-order valence-corrected chi connectivity index (χ1v) is 15.3. The third-order valence-electron chi connectivity index (χ3n) is 6.83. The Bertz CT molecular complexity index is 1610. The van der Waals surface area contributed by atoms with Gasteiger partial charge in [-0.15, -0.1) is 0 Å². The normalized spacial score (nSPS) is 12.1. The quantitative estimate of drug-likeness (QED) is 0.260. The summed E-state index contributed by atoms with van der Waals surface area (Å²) in [5.41, 5.74) is 1.38. The summed E-state index contributed by atoms with van der Waals surface area (Å²) in [7, 11) is -3.93. The fourth-order valence-electron chi connectivity index (χ4n) is 4.75. The monoisotopic (exact) mass is 575 g/mol. The lowest BCUT2D eigenvalue weighted by Gasteiger charge is -2.33. The minimum absolute atomic E-state index is 0.170. The lowest BCUT2D eigenvalue weighted by Crippen LogP contribution is -2.53. The Morgan fingerprint density at radius 2 is 1.54 bits per heavy atom. The number of carbonyl (C=O) groups is 2. The van der Waals surface area contributed by atoms with Crippen molar-refractivity contribution in [3.63, 3.8) is 0 Å². The predicted molar refractivity (Wildman–Crippen MR) is 160 cm³/mol. The standard InChI is InChI=1S/C32H34FN3O4S/c1-3-20-34-32(38)30(21-24-12-5-4-6-13-24)35(22-26-15-8-10-18-28(26)33)31(37)23-36(41(2,39)40)29-19-11-16-25-14-7-9-17-27(25)29/h4-19,30H,3,20-23H2,1-2H3,(H,34,38)/t30-/m1/s1. The van der Waals surface area contributed by atoms with Crippen molar-refractivity contribution in [2.75, 3.05) is 23.7 Å². The van der Waals surface area contributed by atoms with E-state index in [9.17, 15) is 22.4 Å². The zero-order valence-electron chi connectivity index (χ0n) is 23.2. The Labute approximate surface area is 240 Å². The molecule has 0 radical (unpaired) electrons. The number of benzene rings is 4. The SMILES string of the molecule is CCCNC(=O)[C@@H](Cc1ccccc1)N(Cc1ccccc1F)C(=O)CN(c1cccc2ccccc12)S(C)(=O)=O. The summed E-state index contributed by atoms with van der Waals surface area (Å²) in [5.74, 6) is -1.54. The predicted octanol–water partition coefficient (Wildman–Crippen LogP) is 4.91. The van der Waals surface area contributed by atoms with Gasteiger partial charge in [0.25, 0.3) is 0 Å². The van der Waals surface area contributed by atoms with Crippen molar-refractivity contribution in [1.82, 2.24) is 10.2 Å². The van der Waals surface area contributed by atoms with E-state index < -0.39 is 40.2 Å². The van der Waals surface area contributed by atoms with E-state index in [1.165, 1.54) is 11.0 Å². The van der Waals surface area contributed by atoms with Crippen molar-refractivity contribution < 1.29 is 22.4 Å². The zero-order chi connectivity index (χ0) is 29.4. The Kier molecular flexibility index (Phi) is 9.73. The Morgan fingerprint density at radius 3 is 2.24 bits per heavy atom. The van der Waals surface area contributed by atoms with E-state index in [1.807, 2.05) is 55.5 Å². The smallest absolute Gasteiger partial charge is 0.244 e. The maximum atomic E-state index is 14.9. The molecule has 2 amide bonds. The van der Waals surface area contributed by atoms with Crippen LogP contribution in [0.4, 0.5) is 10.1 Å². The number of sulfonamides is 1. The molecular formula is C32H34FN3O4S. The van der Waals surface area contributed by atoms with E-state index in [-0.39, 0.29) is 18.5 Å². The van der Waals surface area contributed by atoms with Crippen LogP contribution in [0.25, 0.3) is 10.8 Å². The first-order chi connectivity index (χ1) is 19.7. The van der Waals surface area contributed by atoms with Crippen molar-refractivity contribution in [2.45, 2.75) is 32.4 Å². The Balaban J connectivity index is 1.78. The van der Waals surface area contributed by atoms with E-state index in [0.29, 0.717) is 24.0 Å². The van der Waals surface area contributed by atoms with E-state index in [2.05, 4.69) is 5.32 Å². The summed E-state index contributed by atoms with van der Waals surface area (Å²) in [5, 5.41) is 4.35. The van der Waals surface area contributed by atoms with Gasteiger partial charge in [-0.2, -0.15) is 0 Å². The number of hydrogen-bond donors (Lipinski definition) is 1. The van der Waals surface area contributed by atoms with Gasteiger partial charge in [0.2, 0.25) is 21.8 Å². The molecule has 0 heterocycles. The van der Waals surface area contributed by atoms with Crippen molar-refractivity contribution >= 4 is 38.3 Å².